The number of aliphatic imine (C=N–C) groups is 1. The zero-order valence-electron chi connectivity index (χ0n) is 38.4. The Morgan fingerprint density at radius 2 is 0.971 bits per heavy atom. The van der Waals surface area contributed by atoms with E-state index in [1.54, 1.807) is 6.08 Å². The third-order valence-electron chi connectivity index (χ3n) is 12.6. The van der Waals surface area contributed by atoms with Gasteiger partial charge in [0.05, 0.1) is 11.1 Å². The van der Waals surface area contributed by atoms with Gasteiger partial charge in [0, 0.05) is 5.56 Å². The number of fused-ring (bicyclic) bond motifs is 3. The summed E-state index contributed by atoms with van der Waals surface area (Å²) in [4.78, 5) is 5.00. The van der Waals surface area contributed by atoms with Crippen molar-refractivity contribution in [3.8, 4) is 44.5 Å². The van der Waals surface area contributed by atoms with Crippen LogP contribution in [-0.4, -0.2) is 5.84 Å². The van der Waals surface area contributed by atoms with Crippen LogP contribution in [-0.2, 0) is 11.8 Å². The Bertz CT molecular complexity index is 3210. The third-order valence-corrected chi connectivity index (χ3v) is 12.6. The molecule has 9 aromatic carbocycles. The summed E-state index contributed by atoms with van der Waals surface area (Å²) in [7, 11) is 0. The van der Waals surface area contributed by atoms with Gasteiger partial charge in [-0.15, -0.1) is 0 Å². The van der Waals surface area contributed by atoms with E-state index in [1.165, 1.54) is 66.8 Å². The largest absolute Gasteiger partial charge is 0.383 e. The summed E-state index contributed by atoms with van der Waals surface area (Å²) >= 11 is 0. The lowest BCUT2D eigenvalue weighted by Crippen LogP contribution is -2.28. The first kappa shape index (κ1) is 44.6. The molecule has 2 heteroatoms. The molecule has 0 radical (unpaired) electrons. The maximum Gasteiger partial charge on any atom is 0.131 e. The topological polar surface area (TPSA) is 38.4 Å². The van der Waals surface area contributed by atoms with Crippen molar-refractivity contribution in [2.24, 2.45) is 10.7 Å². The Balaban J connectivity index is 0.000000767. The predicted molar refractivity (Wildman–Crippen MR) is 289 cm³/mol. The zero-order chi connectivity index (χ0) is 46.5. The molecule has 0 aliphatic heterocycles. The first-order valence-corrected chi connectivity index (χ1v) is 23.3. The third kappa shape index (κ3) is 9.54. The Hall–Kier alpha value is -8.59. The summed E-state index contributed by atoms with van der Waals surface area (Å²) in [5, 5.41) is 0. The zero-order valence-corrected chi connectivity index (χ0v) is 38.4. The maximum absolute atomic E-state index is 6.62. The van der Waals surface area contributed by atoms with E-state index in [0.717, 1.165) is 22.4 Å². The van der Waals surface area contributed by atoms with Crippen LogP contribution in [0.15, 0.2) is 285 Å². The van der Waals surface area contributed by atoms with Crippen molar-refractivity contribution in [2.75, 3.05) is 0 Å². The molecular formula is C66H54N2. The summed E-state index contributed by atoms with van der Waals surface area (Å²) in [6.45, 7) is 5.49. The van der Waals surface area contributed by atoms with Gasteiger partial charge in [0.15, 0.2) is 0 Å². The molecular weight excluding hydrogens is 821 g/mol. The van der Waals surface area contributed by atoms with Crippen LogP contribution in [0, 0.1) is 0 Å². The van der Waals surface area contributed by atoms with Crippen molar-refractivity contribution >= 4 is 11.5 Å². The monoisotopic (exact) mass is 874 g/mol. The molecule has 0 bridgehead atoms. The standard InChI is InChI=1S/C59H44N2.C7H10/c60-58(46-20-7-2-8-21-46)61-57(45-34-32-44(33-35-45)43-18-5-1-6-19-43)38-31-42-17-15-22-47(39-42)48-23-16-24-49(40-48)50-36-37-54-53-29-13-14-30-55(53)59(56(54)41-50,51-25-9-3-10-26-51)52-27-11-4-12-28-52;1-3-5-7-6-4-2/h1-30,32-41H,31H2,(H2,60,61);3-7H,1H2,2H3/b57-38-;6-4-,7-5-. The van der Waals surface area contributed by atoms with E-state index < -0.39 is 5.41 Å². The van der Waals surface area contributed by atoms with E-state index in [-0.39, 0.29) is 0 Å². The average Bonchev–Trinajstić information content (AvgIpc) is 3.71. The first-order chi connectivity index (χ1) is 33.6. The number of hydrogen-bond acceptors (Lipinski definition) is 1. The Kier molecular flexibility index (Phi) is 13.9. The van der Waals surface area contributed by atoms with E-state index in [2.05, 4.69) is 213 Å². The smallest absolute Gasteiger partial charge is 0.131 e. The van der Waals surface area contributed by atoms with Crippen molar-refractivity contribution in [2.45, 2.75) is 18.8 Å². The number of hydrogen-bond donors (Lipinski definition) is 1. The van der Waals surface area contributed by atoms with Gasteiger partial charge in [0.2, 0.25) is 0 Å². The molecule has 328 valence electrons. The quantitative estimate of drug-likeness (QED) is 0.0741. The minimum atomic E-state index is -0.442. The van der Waals surface area contributed by atoms with Gasteiger partial charge in [-0.2, -0.15) is 0 Å². The molecule has 0 saturated heterocycles. The molecule has 0 fully saturated rings. The fourth-order valence-corrected chi connectivity index (χ4v) is 9.34. The lowest BCUT2D eigenvalue weighted by molar-refractivity contribution is 0.769. The van der Waals surface area contributed by atoms with Gasteiger partial charge >= 0.3 is 0 Å². The number of benzene rings is 9. The van der Waals surface area contributed by atoms with Crippen LogP contribution in [0.4, 0.5) is 0 Å². The van der Waals surface area contributed by atoms with Crippen molar-refractivity contribution < 1.29 is 0 Å². The Morgan fingerprint density at radius 1 is 0.456 bits per heavy atom. The van der Waals surface area contributed by atoms with Crippen molar-refractivity contribution in [1.82, 2.24) is 0 Å². The lowest BCUT2D eigenvalue weighted by Gasteiger charge is -2.34. The number of amidine groups is 1. The van der Waals surface area contributed by atoms with Gasteiger partial charge in [-0.3, -0.25) is 0 Å². The van der Waals surface area contributed by atoms with E-state index in [0.29, 0.717) is 12.3 Å². The number of allylic oxidation sites excluding steroid dienone is 6. The number of nitrogens with two attached hydrogens (primary N) is 1. The maximum atomic E-state index is 6.62. The predicted octanol–water partition coefficient (Wildman–Crippen LogP) is 16.3. The van der Waals surface area contributed by atoms with Crippen molar-refractivity contribution in [3.05, 3.63) is 319 Å². The molecule has 0 spiro atoms. The molecule has 0 unspecified atom stereocenters. The molecule has 1 aliphatic carbocycles. The molecule has 0 aromatic heterocycles. The van der Waals surface area contributed by atoms with Gasteiger partial charge in [-0.25, -0.2) is 4.99 Å². The highest BCUT2D eigenvalue weighted by Crippen LogP contribution is 2.56. The first-order valence-electron chi connectivity index (χ1n) is 23.3. The summed E-state index contributed by atoms with van der Waals surface area (Å²) < 4.78 is 0. The molecule has 68 heavy (non-hydrogen) atoms. The number of rotatable bonds is 12. The molecule has 0 amide bonds. The molecule has 0 saturated carbocycles. The SMILES string of the molecule is C=C/C=C\C=C/C.NC(=N/C(=C\Cc1cccc(-c2cccc(-c3ccc4c(c3)C(c3ccccc3)(c3ccccc3)c3ccccc3-4)c2)c1)c1ccc(-c2ccccc2)cc1)c1ccccc1. The van der Waals surface area contributed by atoms with Gasteiger partial charge in [0.1, 0.15) is 5.84 Å². The second-order valence-corrected chi connectivity index (χ2v) is 16.8. The fourth-order valence-electron chi connectivity index (χ4n) is 9.34. The minimum absolute atomic E-state index is 0.442. The van der Waals surface area contributed by atoms with Crippen LogP contribution >= 0.6 is 0 Å². The van der Waals surface area contributed by atoms with Crippen LogP contribution in [0.1, 0.15) is 45.9 Å². The summed E-state index contributed by atoms with van der Waals surface area (Å²) in [5.74, 6) is 0.491. The molecule has 0 heterocycles. The normalized spacial score (nSPS) is 12.8. The summed E-state index contributed by atoms with van der Waals surface area (Å²) in [5.41, 5.74) is 24.9. The molecule has 2 nitrogen and oxygen atoms in total. The second-order valence-electron chi connectivity index (χ2n) is 16.8. The molecule has 1 aliphatic rings. The fraction of sp³-hybridized carbons (Fsp3) is 0.0455. The van der Waals surface area contributed by atoms with E-state index in [4.69, 9.17) is 10.7 Å². The minimum Gasteiger partial charge on any atom is -0.383 e. The van der Waals surface area contributed by atoms with E-state index in [1.807, 2.05) is 67.6 Å². The highest BCUT2D eigenvalue weighted by Gasteiger charge is 2.46. The molecule has 0 atom stereocenters. The van der Waals surface area contributed by atoms with Gasteiger partial charge in [0.25, 0.3) is 0 Å². The Morgan fingerprint density at radius 3 is 1.62 bits per heavy atom. The second kappa shape index (κ2) is 21.1. The van der Waals surface area contributed by atoms with Gasteiger partial charge in [-0.05, 0) is 103 Å². The summed E-state index contributed by atoms with van der Waals surface area (Å²) in [6, 6.07) is 84.8. The van der Waals surface area contributed by atoms with E-state index in [9.17, 15) is 0 Å². The van der Waals surface area contributed by atoms with Crippen LogP contribution in [0.5, 0.6) is 0 Å². The summed E-state index contributed by atoms with van der Waals surface area (Å²) in [6.07, 6.45) is 12.4. The van der Waals surface area contributed by atoms with Crippen LogP contribution in [0.3, 0.4) is 0 Å². The van der Waals surface area contributed by atoms with Crippen molar-refractivity contribution in [1.29, 1.82) is 0 Å². The van der Waals surface area contributed by atoms with Crippen molar-refractivity contribution in [3.63, 3.8) is 0 Å². The Labute approximate surface area is 402 Å². The van der Waals surface area contributed by atoms with Crippen LogP contribution in [0.25, 0.3) is 50.2 Å². The van der Waals surface area contributed by atoms with Gasteiger partial charge < -0.3 is 5.73 Å². The highest BCUT2D eigenvalue weighted by molar-refractivity contribution is 6.00. The van der Waals surface area contributed by atoms with Gasteiger partial charge in [-0.1, -0.05) is 267 Å². The van der Waals surface area contributed by atoms with Crippen LogP contribution in [0.2, 0.25) is 0 Å². The lowest BCUT2D eigenvalue weighted by atomic mass is 9.67. The number of nitrogens with zero attached hydrogens (tertiary/aromatic N) is 1. The molecule has 2 N–H and O–H groups in total. The highest BCUT2D eigenvalue weighted by atomic mass is 14.9. The average molecular weight is 875 g/mol. The van der Waals surface area contributed by atoms with Crippen LogP contribution < -0.4 is 5.73 Å². The van der Waals surface area contributed by atoms with E-state index >= 15 is 0 Å². The molecule has 10 rings (SSSR count). The molecule has 9 aromatic rings.